The average Bonchev–Trinajstić information content (AvgIpc) is 2.53. The van der Waals surface area contributed by atoms with Gasteiger partial charge in [0.1, 0.15) is 0 Å². The molecule has 0 fully saturated rings. The van der Waals surface area contributed by atoms with E-state index in [-0.39, 0.29) is 16.9 Å². The summed E-state index contributed by atoms with van der Waals surface area (Å²) in [6.45, 7) is 1.65. The second-order valence-electron chi connectivity index (χ2n) is 5.53. The second-order valence-corrected chi connectivity index (χ2v) is 7.27. The third-order valence-corrected chi connectivity index (χ3v) is 3.93. The Balaban J connectivity index is 2.18. The smallest absolute Gasteiger partial charge is 0.298 e. The molecule has 0 bridgehead atoms. The zero-order valence-corrected chi connectivity index (χ0v) is 14.6. The fraction of sp³-hybridized carbons (Fsp3) is 0.188. The third-order valence-electron chi connectivity index (χ3n) is 3.34. The van der Waals surface area contributed by atoms with Gasteiger partial charge in [0.25, 0.3) is 5.91 Å². The van der Waals surface area contributed by atoms with Crippen molar-refractivity contribution in [1.82, 2.24) is 5.43 Å². The molecule has 0 aromatic heterocycles. The van der Waals surface area contributed by atoms with Crippen LogP contribution in [0.15, 0.2) is 42.5 Å². The van der Waals surface area contributed by atoms with Crippen LogP contribution in [0.2, 0.25) is 0 Å². The normalized spacial score (nSPS) is 11.7. The highest BCUT2D eigenvalue weighted by molar-refractivity contribution is 7.92. The molecule has 0 spiro atoms. The van der Waals surface area contributed by atoms with E-state index in [1.165, 1.54) is 36.4 Å². The van der Waals surface area contributed by atoms with Crippen molar-refractivity contribution < 1.29 is 26.4 Å². The molecule has 10 heteroatoms. The molecule has 0 radical (unpaired) electrons. The van der Waals surface area contributed by atoms with Gasteiger partial charge in [-0.15, -0.1) is 0 Å². The fourth-order valence-electron chi connectivity index (χ4n) is 2.11. The summed E-state index contributed by atoms with van der Waals surface area (Å²) in [4.78, 5) is 12.2. The van der Waals surface area contributed by atoms with Gasteiger partial charge in [0.2, 0.25) is 10.0 Å². The van der Waals surface area contributed by atoms with E-state index >= 15 is 0 Å². The molecule has 3 N–H and O–H groups in total. The summed E-state index contributed by atoms with van der Waals surface area (Å²) in [5, 5.41) is 0. The van der Waals surface area contributed by atoms with Crippen LogP contribution in [-0.2, 0) is 16.2 Å². The SMILES string of the molecule is Cc1ccc(C(=O)NNc2ccccc2C(F)(F)F)cc1NS(C)(=O)=O. The zero-order valence-electron chi connectivity index (χ0n) is 13.8. The molecule has 1 amide bonds. The van der Waals surface area contributed by atoms with E-state index in [0.717, 1.165) is 12.3 Å². The number of para-hydroxylation sites is 1. The molecule has 2 aromatic rings. The Bertz CT molecular complexity index is 928. The lowest BCUT2D eigenvalue weighted by Crippen LogP contribution is -2.30. The second kappa shape index (κ2) is 7.24. The maximum Gasteiger partial charge on any atom is 0.418 e. The molecule has 0 aliphatic carbocycles. The molecule has 0 heterocycles. The summed E-state index contributed by atoms with van der Waals surface area (Å²) in [7, 11) is -3.54. The van der Waals surface area contributed by atoms with Crippen LogP contribution in [0.5, 0.6) is 0 Å². The molecule has 2 rings (SSSR count). The number of carbonyl (C=O) groups is 1. The fourth-order valence-corrected chi connectivity index (χ4v) is 2.73. The number of hydrazine groups is 1. The summed E-state index contributed by atoms with van der Waals surface area (Å²) in [5.74, 6) is -0.724. The van der Waals surface area contributed by atoms with E-state index in [9.17, 15) is 26.4 Å². The summed E-state index contributed by atoms with van der Waals surface area (Å²) < 4.78 is 63.8. The van der Waals surface area contributed by atoms with Crippen molar-refractivity contribution in [3.63, 3.8) is 0 Å². The minimum absolute atomic E-state index is 0.0683. The number of aryl methyl sites for hydroxylation is 1. The number of sulfonamides is 1. The van der Waals surface area contributed by atoms with Crippen LogP contribution in [0.25, 0.3) is 0 Å². The number of alkyl halides is 3. The number of nitrogens with one attached hydrogen (secondary N) is 3. The predicted octanol–water partition coefficient (Wildman–Crippen LogP) is 3.14. The van der Waals surface area contributed by atoms with Gasteiger partial charge in [-0.1, -0.05) is 18.2 Å². The van der Waals surface area contributed by atoms with Gasteiger partial charge in [-0.3, -0.25) is 20.4 Å². The number of hydrogen-bond donors (Lipinski definition) is 3. The Hall–Kier alpha value is -2.75. The number of carbonyl (C=O) groups excluding carboxylic acids is 1. The molecule has 0 aliphatic rings. The molecule has 2 aromatic carbocycles. The molecular weight excluding hydrogens is 371 g/mol. The lowest BCUT2D eigenvalue weighted by molar-refractivity contribution is -0.137. The molecule has 26 heavy (non-hydrogen) atoms. The van der Waals surface area contributed by atoms with E-state index in [4.69, 9.17) is 0 Å². The van der Waals surface area contributed by atoms with Crippen LogP contribution in [-0.4, -0.2) is 20.6 Å². The molecule has 0 unspecified atom stereocenters. The standard InChI is InChI=1S/C16H16F3N3O3S/c1-10-7-8-11(9-14(10)22-26(2,24)25)15(23)21-20-13-6-4-3-5-12(13)16(17,18)19/h3-9,20,22H,1-2H3,(H,21,23). The Morgan fingerprint density at radius 2 is 1.69 bits per heavy atom. The maximum absolute atomic E-state index is 12.9. The van der Waals surface area contributed by atoms with Gasteiger partial charge in [0.05, 0.1) is 23.2 Å². The Kier molecular flexibility index (Phi) is 5.45. The van der Waals surface area contributed by atoms with Crippen LogP contribution < -0.4 is 15.6 Å². The molecule has 0 aliphatic heterocycles. The minimum atomic E-state index is -4.58. The van der Waals surface area contributed by atoms with Crippen LogP contribution >= 0.6 is 0 Å². The summed E-state index contributed by atoms with van der Waals surface area (Å²) in [6, 6.07) is 8.93. The maximum atomic E-state index is 12.9. The summed E-state index contributed by atoms with van der Waals surface area (Å²) in [5.41, 5.74) is 4.03. The first-order valence-electron chi connectivity index (χ1n) is 7.28. The molecule has 140 valence electrons. The van der Waals surface area contributed by atoms with E-state index < -0.39 is 27.7 Å². The number of hydrogen-bond acceptors (Lipinski definition) is 4. The van der Waals surface area contributed by atoms with Crippen molar-refractivity contribution in [2.45, 2.75) is 13.1 Å². The lowest BCUT2D eigenvalue weighted by Gasteiger charge is -2.15. The molecule has 0 saturated carbocycles. The van der Waals surface area contributed by atoms with Crippen molar-refractivity contribution in [2.24, 2.45) is 0 Å². The molecule has 0 atom stereocenters. The van der Waals surface area contributed by atoms with Crippen LogP contribution in [0.3, 0.4) is 0 Å². The van der Waals surface area contributed by atoms with E-state index in [1.807, 2.05) is 0 Å². The highest BCUT2D eigenvalue weighted by atomic mass is 32.2. The Morgan fingerprint density at radius 1 is 1.04 bits per heavy atom. The Labute approximate surface area is 148 Å². The van der Waals surface area contributed by atoms with Gasteiger partial charge in [0.15, 0.2) is 0 Å². The van der Waals surface area contributed by atoms with Crippen molar-refractivity contribution in [3.05, 3.63) is 59.2 Å². The van der Waals surface area contributed by atoms with E-state index in [0.29, 0.717) is 5.56 Å². The van der Waals surface area contributed by atoms with Crippen molar-refractivity contribution >= 4 is 27.3 Å². The monoisotopic (exact) mass is 387 g/mol. The van der Waals surface area contributed by atoms with Gasteiger partial charge in [0, 0.05) is 5.56 Å². The van der Waals surface area contributed by atoms with E-state index in [2.05, 4.69) is 15.6 Å². The highest BCUT2D eigenvalue weighted by Crippen LogP contribution is 2.34. The quantitative estimate of drug-likeness (QED) is 0.688. The largest absolute Gasteiger partial charge is 0.418 e. The predicted molar refractivity (Wildman–Crippen MR) is 92.2 cm³/mol. The molecular formula is C16H16F3N3O3S. The highest BCUT2D eigenvalue weighted by Gasteiger charge is 2.33. The van der Waals surface area contributed by atoms with Gasteiger partial charge in [-0.05, 0) is 36.8 Å². The molecule has 6 nitrogen and oxygen atoms in total. The average molecular weight is 387 g/mol. The van der Waals surface area contributed by atoms with Crippen LogP contribution in [0.1, 0.15) is 21.5 Å². The van der Waals surface area contributed by atoms with Crippen LogP contribution in [0, 0.1) is 6.92 Å². The van der Waals surface area contributed by atoms with Crippen molar-refractivity contribution in [1.29, 1.82) is 0 Å². The first-order valence-corrected chi connectivity index (χ1v) is 9.17. The summed E-state index contributed by atoms with van der Waals surface area (Å²) in [6.07, 6.45) is -3.61. The number of amides is 1. The number of halogens is 3. The lowest BCUT2D eigenvalue weighted by atomic mass is 10.1. The number of anilines is 2. The number of rotatable bonds is 5. The minimum Gasteiger partial charge on any atom is -0.298 e. The van der Waals surface area contributed by atoms with Gasteiger partial charge in [-0.2, -0.15) is 13.2 Å². The van der Waals surface area contributed by atoms with Gasteiger partial charge < -0.3 is 0 Å². The van der Waals surface area contributed by atoms with Crippen LogP contribution in [0.4, 0.5) is 24.5 Å². The third kappa shape index (κ3) is 5.12. The molecule has 0 saturated heterocycles. The van der Waals surface area contributed by atoms with E-state index in [1.54, 1.807) is 6.92 Å². The first-order chi connectivity index (χ1) is 12.0. The topological polar surface area (TPSA) is 87.3 Å². The zero-order chi connectivity index (χ0) is 19.5. The van der Waals surface area contributed by atoms with Gasteiger partial charge >= 0.3 is 6.18 Å². The first kappa shape index (κ1) is 19.6. The number of benzene rings is 2. The van der Waals surface area contributed by atoms with Crippen molar-refractivity contribution in [2.75, 3.05) is 16.4 Å². The Morgan fingerprint density at radius 3 is 2.31 bits per heavy atom. The van der Waals surface area contributed by atoms with Crippen molar-refractivity contribution in [3.8, 4) is 0 Å². The summed E-state index contributed by atoms with van der Waals surface area (Å²) >= 11 is 0. The van der Waals surface area contributed by atoms with Gasteiger partial charge in [-0.25, -0.2) is 8.42 Å².